The van der Waals surface area contributed by atoms with Crippen molar-refractivity contribution in [3.63, 3.8) is 0 Å². The highest BCUT2D eigenvalue weighted by atomic mass is 16.5. The summed E-state index contributed by atoms with van der Waals surface area (Å²) in [6.45, 7) is 4.96. The molecule has 0 bridgehead atoms. The van der Waals surface area contributed by atoms with Gasteiger partial charge in [0.2, 0.25) is 0 Å². The molecule has 184 valence electrons. The van der Waals surface area contributed by atoms with Gasteiger partial charge >= 0.3 is 5.97 Å². The number of esters is 1. The van der Waals surface area contributed by atoms with E-state index in [2.05, 4.69) is 13.8 Å². The van der Waals surface area contributed by atoms with Crippen molar-refractivity contribution in [3.05, 3.63) is 65.7 Å². The van der Waals surface area contributed by atoms with Crippen LogP contribution in [0.15, 0.2) is 54.6 Å². The first-order chi connectivity index (χ1) is 16.5. The monoisotopic (exact) mass is 465 g/mol. The van der Waals surface area contributed by atoms with E-state index >= 15 is 0 Å². The number of allylic oxidation sites excluding steroid dienone is 1. The van der Waals surface area contributed by atoms with Gasteiger partial charge in [-0.25, -0.2) is 4.79 Å². The zero-order valence-electron chi connectivity index (χ0n) is 20.7. The number of unbranched alkanes of at least 4 members (excludes halogenated alkanes) is 7. The standard InChI is InChI=1S/C29H39NO4/c1-3-5-7-8-9-11-20-33-27-15-12-13-24(21-27)29(32)34-26-18-16-23(17-19-26)28(30)22-25(31)14-10-6-4-2/h12-13,15-19,21-22H,3-11,14,20,30H2,1-2H3/b28-22-. The molecular weight excluding hydrogens is 426 g/mol. The summed E-state index contributed by atoms with van der Waals surface area (Å²) in [5, 5.41) is 0. The van der Waals surface area contributed by atoms with Crippen LogP contribution >= 0.6 is 0 Å². The van der Waals surface area contributed by atoms with Gasteiger partial charge < -0.3 is 15.2 Å². The molecule has 0 aliphatic rings. The van der Waals surface area contributed by atoms with Crippen molar-refractivity contribution < 1.29 is 19.1 Å². The molecule has 0 fully saturated rings. The predicted octanol–water partition coefficient (Wildman–Crippen LogP) is 7.09. The molecule has 5 heteroatoms. The van der Waals surface area contributed by atoms with E-state index in [0.29, 0.717) is 41.4 Å². The van der Waals surface area contributed by atoms with Crippen LogP contribution in [0.2, 0.25) is 0 Å². The van der Waals surface area contributed by atoms with Gasteiger partial charge in [0, 0.05) is 18.2 Å². The maximum Gasteiger partial charge on any atom is 0.343 e. The van der Waals surface area contributed by atoms with Crippen molar-refractivity contribution >= 4 is 17.4 Å². The molecular formula is C29H39NO4. The number of carbonyl (C=O) groups is 2. The van der Waals surface area contributed by atoms with Crippen LogP contribution in [0.25, 0.3) is 5.70 Å². The molecule has 2 aromatic carbocycles. The lowest BCUT2D eigenvalue weighted by molar-refractivity contribution is -0.114. The van der Waals surface area contributed by atoms with E-state index < -0.39 is 5.97 Å². The molecule has 2 rings (SSSR count). The van der Waals surface area contributed by atoms with Gasteiger partial charge in [0.15, 0.2) is 5.78 Å². The Morgan fingerprint density at radius 3 is 2.21 bits per heavy atom. The van der Waals surface area contributed by atoms with Crippen molar-refractivity contribution in [1.82, 2.24) is 0 Å². The number of carbonyl (C=O) groups excluding carboxylic acids is 2. The maximum atomic E-state index is 12.6. The molecule has 0 amide bonds. The number of benzene rings is 2. The minimum Gasteiger partial charge on any atom is -0.494 e. The summed E-state index contributed by atoms with van der Waals surface area (Å²) in [5.74, 6) is 0.654. The second kappa shape index (κ2) is 15.7. The highest BCUT2D eigenvalue weighted by Gasteiger charge is 2.10. The first-order valence-corrected chi connectivity index (χ1v) is 12.6. The van der Waals surface area contributed by atoms with Gasteiger partial charge in [-0.2, -0.15) is 0 Å². The van der Waals surface area contributed by atoms with Gasteiger partial charge in [0.05, 0.1) is 12.2 Å². The van der Waals surface area contributed by atoms with E-state index in [4.69, 9.17) is 15.2 Å². The fourth-order valence-corrected chi connectivity index (χ4v) is 3.54. The molecule has 0 saturated heterocycles. The first-order valence-electron chi connectivity index (χ1n) is 12.6. The lowest BCUT2D eigenvalue weighted by Crippen LogP contribution is -2.09. The molecule has 2 N–H and O–H groups in total. The van der Waals surface area contributed by atoms with Crippen molar-refractivity contribution in [2.45, 2.75) is 78.1 Å². The average molecular weight is 466 g/mol. The number of nitrogens with two attached hydrogens (primary N) is 1. The van der Waals surface area contributed by atoms with Crippen LogP contribution in [0.5, 0.6) is 11.5 Å². The number of ketones is 1. The minimum absolute atomic E-state index is 0.0278. The molecule has 2 aromatic rings. The number of hydrogen-bond acceptors (Lipinski definition) is 5. The Kier molecular flexibility index (Phi) is 12.5. The van der Waals surface area contributed by atoms with Crippen LogP contribution in [0.1, 0.15) is 94.0 Å². The highest BCUT2D eigenvalue weighted by molar-refractivity contribution is 5.96. The second-order valence-corrected chi connectivity index (χ2v) is 8.58. The van der Waals surface area contributed by atoms with E-state index in [0.717, 1.165) is 32.1 Å². The fraction of sp³-hybridized carbons (Fsp3) is 0.448. The average Bonchev–Trinajstić information content (AvgIpc) is 2.84. The van der Waals surface area contributed by atoms with Crippen LogP contribution in [0, 0.1) is 0 Å². The Bertz CT molecular complexity index is 918. The SMILES string of the molecule is CCCCCCCCOc1cccc(C(=O)Oc2ccc(/C(N)=C/C(=O)CCCCC)cc2)c1. The Morgan fingerprint density at radius 1 is 0.794 bits per heavy atom. The lowest BCUT2D eigenvalue weighted by atomic mass is 10.1. The molecule has 0 spiro atoms. The molecule has 0 unspecified atom stereocenters. The third kappa shape index (κ3) is 10.2. The Balaban J connectivity index is 1.85. The molecule has 34 heavy (non-hydrogen) atoms. The Morgan fingerprint density at radius 2 is 1.47 bits per heavy atom. The first kappa shape index (κ1) is 27.2. The minimum atomic E-state index is -0.451. The topological polar surface area (TPSA) is 78.6 Å². The predicted molar refractivity (Wildman–Crippen MR) is 138 cm³/mol. The number of hydrogen-bond donors (Lipinski definition) is 1. The zero-order chi connectivity index (χ0) is 24.6. The van der Waals surface area contributed by atoms with Crippen molar-refractivity contribution in [2.75, 3.05) is 6.61 Å². The molecule has 0 heterocycles. The largest absolute Gasteiger partial charge is 0.494 e. The van der Waals surface area contributed by atoms with Crippen molar-refractivity contribution in [2.24, 2.45) is 5.73 Å². The molecule has 0 radical (unpaired) electrons. The van der Waals surface area contributed by atoms with E-state index in [1.165, 1.54) is 31.8 Å². The lowest BCUT2D eigenvalue weighted by Gasteiger charge is -2.09. The molecule has 5 nitrogen and oxygen atoms in total. The van der Waals surface area contributed by atoms with Gasteiger partial charge in [0.1, 0.15) is 11.5 Å². The fourth-order valence-electron chi connectivity index (χ4n) is 3.54. The third-order valence-corrected chi connectivity index (χ3v) is 5.58. The van der Waals surface area contributed by atoms with E-state index in [1.807, 2.05) is 6.07 Å². The molecule has 0 aromatic heterocycles. The van der Waals surface area contributed by atoms with Gasteiger partial charge in [-0.3, -0.25) is 4.79 Å². The van der Waals surface area contributed by atoms with Gasteiger partial charge in [-0.1, -0.05) is 64.9 Å². The summed E-state index contributed by atoms with van der Waals surface area (Å²) in [6.07, 6.45) is 12.2. The molecule has 0 aliphatic carbocycles. The van der Waals surface area contributed by atoms with Gasteiger partial charge in [0.25, 0.3) is 0 Å². The number of ether oxygens (including phenoxy) is 2. The smallest absolute Gasteiger partial charge is 0.343 e. The molecule has 0 saturated carbocycles. The summed E-state index contributed by atoms with van der Waals surface area (Å²) in [6, 6.07) is 13.9. The van der Waals surface area contributed by atoms with Crippen LogP contribution < -0.4 is 15.2 Å². The summed E-state index contributed by atoms with van der Waals surface area (Å²) < 4.78 is 11.3. The van der Waals surface area contributed by atoms with E-state index in [9.17, 15) is 9.59 Å². The summed E-state index contributed by atoms with van der Waals surface area (Å²) in [4.78, 5) is 24.6. The molecule has 0 atom stereocenters. The summed E-state index contributed by atoms with van der Waals surface area (Å²) in [5.41, 5.74) is 7.62. The van der Waals surface area contributed by atoms with Crippen LogP contribution in [0.4, 0.5) is 0 Å². The van der Waals surface area contributed by atoms with E-state index in [-0.39, 0.29) is 5.78 Å². The third-order valence-electron chi connectivity index (χ3n) is 5.58. The van der Waals surface area contributed by atoms with Crippen molar-refractivity contribution in [3.8, 4) is 11.5 Å². The van der Waals surface area contributed by atoms with Gasteiger partial charge in [-0.05, 0) is 60.9 Å². The summed E-state index contributed by atoms with van der Waals surface area (Å²) in [7, 11) is 0. The summed E-state index contributed by atoms with van der Waals surface area (Å²) >= 11 is 0. The molecule has 0 aliphatic heterocycles. The zero-order valence-corrected chi connectivity index (χ0v) is 20.7. The Labute approximate surface area is 204 Å². The maximum absolute atomic E-state index is 12.6. The quantitative estimate of drug-likeness (QED) is 0.124. The van der Waals surface area contributed by atoms with Crippen molar-refractivity contribution in [1.29, 1.82) is 0 Å². The highest BCUT2D eigenvalue weighted by Crippen LogP contribution is 2.20. The van der Waals surface area contributed by atoms with Crippen LogP contribution in [-0.2, 0) is 4.79 Å². The number of rotatable bonds is 16. The van der Waals surface area contributed by atoms with E-state index in [1.54, 1.807) is 42.5 Å². The van der Waals surface area contributed by atoms with Crippen LogP contribution in [0.3, 0.4) is 0 Å². The normalized spacial score (nSPS) is 11.3. The second-order valence-electron chi connectivity index (χ2n) is 8.58. The van der Waals surface area contributed by atoms with Gasteiger partial charge in [-0.15, -0.1) is 0 Å². The van der Waals surface area contributed by atoms with Crippen LogP contribution in [-0.4, -0.2) is 18.4 Å². The Hall–Kier alpha value is -3.08.